The van der Waals surface area contributed by atoms with Crippen molar-refractivity contribution < 1.29 is 4.79 Å². The van der Waals surface area contributed by atoms with E-state index in [-0.39, 0.29) is 11.5 Å². The van der Waals surface area contributed by atoms with Gasteiger partial charge in [-0.15, -0.1) is 0 Å². The maximum absolute atomic E-state index is 12.6. The Morgan fingerprint density at radius 3 is 2.69 bits per heavy atom. The molecule has 0 aliphatic carbocycles. The third-order valence-electron chi connectivity index (χ3n) is 4.98. The van der Waals surface area contributed by atoms with E-state index in [1.165, 1.54) is 10.1 Å². The smallest absolute Gasteiger partial charge is 0.262 e. The van der Waals surface area contributed by atoms with E-state index in [1.54, 1.807) is 18.2 Å². The molecule has 1 heterocycles. The summed E-state index contributed by atoms with van der Waals surface area (Å²) in [6, 6.07) is 13.4. The summed E-state index contributed by atoms with van der Waals surface area (Å²) < 4.78 is 1.86. The lowest BCUT2D eigenvalue weighted by atomic mass is 10.1. The van der Waals surface area contributed by atoms with Crippen molar-refractivity contribution in [3.63, 3.8) is 0 Å². The summed E-state index contributed by atoms with van der Waals surface area (Å²) in [5, 5.41) is 3.48. The van der Waals surface area contributed by atoms with Crippen LogP contribution in [0.1, 0.15) is 29.8 Å². The van der Waals surface area contributed by atoms with Crippen LogP contribution in [0.15, 0.2) is 47.3 Å². The molecular formula is C22H26N4O2S. The number of amides is 1. The Labute approximate surface area is 175 Å². The number of nitrogens with one attached hydrogen (secondary N) is 2. The molecule has 0 aliphatic heterocycles. The third kappa shape index (κ3) is 4.56. The predicted octanol–water partition coefficient (Wildman–Crippen LogP) is 3.64. The minimum atomic E-state index is -0.175. The molecule has 0 radical (unpaired) electrons. The van der Waals surface area contributed by atoms with Gasteiger partial charge in [0.05, 0.1) is 10.9 Å². The number of hydrogen-bond donors (Lipinski definition) is 2. The first kappa shape index (κ1) is 20.8. The van der Waals surface area contributed by atoms with E-state index < -0.39 is 0 Å². The fourth-order valence-corrected chi connectivity index (χ4v) is 3.71. The number of H-pyrrole nitrogens is 1. The molecule has 0 spiro atoms. The Balaban J connectivity index is 1.71. The molecule has 0 aliphatic rings. The van der Waals surface area contributed by atoms with Gasteiger partial charge in [0.25, 0.3) is 11.5 Å². The van der Waals surface area contributed by atoms with Crippen LogP contribution in [0.3, 0.4) is 0 Å². The highest BCUT2D eigenvalue weighted by atomic mass is 32.1. The number of carbonyl (C=O) groups is 1. The van der Waals surface area contributed by atoms with Crippen LogP contribution in [0.2, 0.25) is 0 Å². The van der Waals surface area contributed by atoms with Gasteiger partial charge in [-0.1, -0.05) is 12.1 Å². The van der Waals surface area contributed by atoms with Gasteiger partial charge in [-0.05, 0) is 68.9 Å². The molecule has 152 valence electrons. The molecule has 7 heteroatoms. The number of aromatic nitrogens is 2. The van der Waals surface area contributed by atoms with E-state index >= 15 is 0 Å². The minimum absolute atomic E-state index is 0.144. The van der Waals surface area contributed by atoms with Gasteiger partial charge in [-0.25, -0.2) is 0 Å². The van der Waals surface area contributed by atoms with Crippen molar-refractivity contribution in [1.82, 2.24) is 14.9 Å². The van der Waals surface area contributed by atoms with Crippen LogP contribution in [0.25, 0.3) is 10.9 Å². The van der Waals surface area contributed by atoms with Crippen molar-refractivity contribution in [3.05, 3.63) is 68.7 Å². The summed E-state index contributed by atoms with van der Waals surface area (Å²) in [4.78, 5) is 30.3. The van der Waals surface area contributed by atoms with Gasteiger partial charge >= 0.3 is 0 Å². The second kappa shape index (κ2) is 9.05. The van der Waals surface area contributed by atoms with Gasteiger partial charge in [0, 0.05) is 37.4 Å². The van der Waals surface area contributed by atoms with Crippen LogP contribution >= 0.6 is 12.2 Å². The molecule has 2 aromatic carbocycles. The molecule has 2 N–H and O–H groups in total. The monoisotopic (exact) mass is 410 g/mol. The second-order valence-electron chi connectivity index (χ2n) is 6.91. The molecule has 29 heavy (non-hydrogen) atoms. The fraction of sp³-hybridized carbons (Fsp3) is 0.318. The largest absolute Gasteiger partial charge is 0.370 e. The maximum Gasteiger partial charge on any atom is 0.262 e. The average molecular weight is 411 g/mol. The topological polar surface area (TPSA) is 70.1 Å². The van der Waals surface area contributed by atoms with Gasteiger partial charge in [0.15, 0.2) is 4.77 Å². The molecule has 3 aromatic rings. The Bertz CT molecular complexity index is 1150. The second-order valence-corrected chi connectivity index (χ2v) is 7.30. The van der Waals surface area contributed by atoms with E-state index in [1.807, 2.05) is 13.0 Å². The van der Waals surface area contributed by atoms with E-state index in [0.29, 0.717) is 40.9 Å². The van der Waals surface area contributed by atoms with Crippen molar-refractivity contribution >= 4 is 34.7 Å². The van der Waals surface area contributed by atoms with Crippen molar-refractivity contribution in [2.75, 3.05) is 24.5 Å². The molecule has 0 atom stereocenters. The van der Waals surface area contributed by atoms with Gasteiger partial charge in [0.2, 0.25) is 0 Å². The van der Waals surface area contributed by atoms with Crippen molar-refractivity contribution in [3.8, 4) is 0 Å². The summed E-state index contributed by atoms with van der Waals surface area (Å²) in [7, 11) is 0. The number of aromatic amines is 1. The predicted molar refractivity (Wildman–Crippen MR) is 120 cm³/mol. The maximum atomic E-state index is 12.6. The van der Waals surface area contributed by atoms with Gasteiger partial charge in [-0.2, -0.15) is 0 Å². The van der Waals surface area contributed by atoms with Crippen LogP contribution in [-0.2, 0) is 6.54 Å². The summed E-state index contributed by atoms with van der Waals surface area (Å²) in [5.74, 6) is -0.175. The molecule has 3 rings (SSSR count). The number of likely N-dealkylation sites (N-methyl/N-ethyl adjacent to an activating group) is 1. The van der Waals surface area contributed by atoms with Gasteiger partial charge in [0.1, 0.15) is 0 Å². The molecular weight excluding hydrogens is 384 g/mol. The molecule has 0 saturated heterocycles. The third-order valence-corrected chi connectivity index (χ3v) is 5.30. The Kier molecular flexibility index (Phi) is 6.49. The lowest BCUT2D eigenvalue weighted by molar-refractivity contribution is 0.0954. The van der Waals surface area contributed by atoms with Crippen molar-refractivity contribution in [2.24, 2.45) is 0 Å². The first-order valence-corrected chi connectivity index (χ1v) is 10.2. The Morgan fingerprint density at radius 1 is 1.21 bits per heavy atom. The van der Waals surface area contributed by atoms with Crippen molar-refractivity contribution in [1.29, 1.82) is 0 Å². The summed E-state index contributed by atoms with van der Waals surface area (Å²) in [6.07, 6.45) is 0. The van der Waals surface area contributed by atoms with E-state index in [4.69, 9.17) is 12.2 Å². The first-order chi connectivity index (χ1) is 13.9. The number of benzene rings is 2. The zero-order valence-electron chi connectivity index (χ0n) is 17.0. The quantitative estimate of drug-likeness (QED) is 0.584. The van der Waals surface area contributed by atoms with E-state index in [2.05, 4.69) is 47.2 Å². The number of fused-ring (bicyclic) bond motifs is 1. The van der Waals surface area contributed by atoms with Crippen LogP contribution in [0.4, 0.5) is 5.69 Å². The highest BCUT2D eigenvalue weighted by molar-refractivity contribution is 7.71. The number of nitrogens with zero attached hydrogens (tertiary/aromatic N) is 2. The molecule has 0 saturated carbocycles. The summed E-state index contributed by atoms with van der Waals surface area (Å²) in [5.41, 5.74) is 3.28. The molecule has 1 amide bonds. The highest BCUT2D eigenvalue weighted by Gasteiger charge is 2.11. The van der Waals surface area contributed by atoms with Crippen molar-refractivity contribution in [2.45, 2.75) is 27.3 Å². The number of rotatable bonds is 7. The van der Waals surface area contributed by atoms with Crippen LogP contribution in [0, 0.1) is 11.7 Å². The van der Waals surface area contributed by atoms with Crippen LogP contribution in [-0.4, -0.2) is 35.1 Å². The molecule has 1 aromatic heterocycles. The van der Waals surface area contributed by atoms with Gasteiger partial charge in [-0.3, -0.25) is 14.2 Å². The minimum Gasteiger partial charge on any atom is -0.370 e. The molecule has 0 bridgehead atoms. The first-order valence-electron chi connectivity index (χ1n) is 9.81. The number of anilines is 1. The normalized spacial score (nSPS) is 10.9. The number of hydrogen-bond acceptors (Lipinski definition) is 4. The highest BCUT2D eigenvalue weighted by Crippen LogP contribution is 2.15. The SMILES string of the molecule is CCN(CCNC(=O)c1ccc2c(=O)n(CC)c(=S)[nH]c2c1)c1cccc(C)c1. The Hall–Kier alpha value is -2.93. The standard InChI is InChI=1S/C22H26N4O2S/c1-4-25(17-8-6-7-15(3)13-17)12-11-23-20(27)16-9-10-18-19(14-16)24-22(29)26(5-2)21(18)28/h6-10,13-14H,4-5,11-12H2,1-3H3,(H,23,27)(H,24,29). The Morgan fingerprint density at radius 2 is 2.00 bits per heavy atom. The fourth-order valence-electron chi connectivity index (χ4n) is 3.38. The summed E-state index contributed by atoms with van der Waals surface area (Å²) >= 11 is 5.24. The van der Waals surface area contributed by atoms with Crippen LogP contribution in [0.5, 0.6) is 0 Å². The number of carbonyl (C=O) groups excluding carboxylic acids is 1. The average Bonchev–Trinajstić information content (AvgIpc) is 2.71. The lowest BCUT2D eigenvalue weighted by Crippen LogP contribution is -2.35. The van der Waals surface area contributed by atoms with Gasteiger partial charge < -0.3 is 15.2 Å². The zero-order chi connectivity index (χ0) is 21.0. The summed E-state index contributed by atoms with van der Waals surface area (Å²) in [6.45, 7) is 8.62. The van der Waals surface area contributed by atoms with E-state index in [9.17, 15) is 9.59 Å². The number of aryl methyl sites for hydroxylation is 1. The van der Waals surface area contributed by atoms with Crippen LogP contribution < -0.4 is 15.8 Å². The lowest BCUT2D eigenvalue weighted by Gasteiger charge is -2.23. The molecule has 0 fully saturated rings. The van der Waals surface area contributed by atoms with E-state index in [0.717, 1.165) is 12.2 Å². The zero-order valence-corrected chi connectivity index (χ0v) is 17.8. The molecule has 6 nitrogen and oxygen atoms in total. The molecule has 0 unspecified atom stereocenters.